The van der Waals surface area contributed by atoms with Gasteiger partial charge in [0, 0.05) is 54.8 Å². The molecular formula is C27H29N3O4. The van der Waals surface area contributed by atoms with Crippen molar-refractivity contribution in [1.82, 2.24) is 4.90 Å². The van der Waals surface area contributed by atoms with Crippen LogP contribution in [-0.4, -0.2) is 57.2 Å². The van der Waals surface area contributed by atoms with Crippen molar-refractivity contribution in [2.75, 3.05) is 50.6 Å². The van der Waals surface area contributed by atoms with Crippen LogP contribution in [-0.2, 0) is 4.79 Å². The number of nitrogens with one attached hydrogen (secondary N) is 1. The summed E-state index contributed by atoms with van der Waals surface area (Å²) >= 11 is 0. The second-order valence-corrected chi connectivity index (χ2v) is 8.54. The quantitative estimate of drug-likeness (QED) is 0.449. The van der Waals surface area contributed by atoms with Gasteiger partial charge < -0.3 is 24.1 Å². The fraction of sp³-hybridized carbons (Fsp3) is 0.296. The lowest BCUT2D eigenvalue weighted by molar-refractivity contribution is -0.120. The Morgan fingerprint density at radius 2 is 1.71 bits per heavy atom. The maximum Gasteiger partial charge on any atom is 0.241 e. The van der Waals surface area contributed by atoms with E-state index in [4.69, 9.17) is 13.9 Å². The molecule has 0 unspecified atom stereocenters. The van der Waals surface area contributed by atoms with Crippen LogP contribution >= 0.6 is 0 Å². The Bertz CT molecular complexity index is 1320. The van der Waals surface area contributed by atoms with Gasteiger partial charge in [0.25, 0.3) is 0 Å². The van der Waals surface area contributed by atoms with Crippen LogP contribution < -0.4 is 19.7 Å². The van der Waals surface area contributed by atoms with Crippen molar-refractivity contribution in [3.05, 3.63) is 60.7 Å². The van der Waals surface area contributed by atoms with E-state index in [9.17, 15) is 4.79 Å². The van der Waals surface area contributed by atoms with Crippen molar-refractivity contribution >= 4 is 39.2 Å². The summed E-state index contributed by atoms with van der Waals surface area (Å²) in [5, 5.41) is 5.05. The van der Waals surface area contributed by atoms with Gasteiger partial charge in [-0.3, -0.25) is 9.69 Å². The highest BCUT2D eigenvalue weighted by atomic mass is 16.5. The number of hydrogen-bond donors (Lipinski definition) is 1. The zero-order chi connectivity index (χ0) is 23.7. The minimum Gasteiger partial charge on any atom is -0.497 e. The minimum atomic E-state index is -0.275. The number of carbonyl (C=O) groups is 1. The number of amides is 1. The van der Waals surface area contributed by atoms with Gasteiger partial charge in [-0.05, 0) is 31.2 Å². The molecular weight excluding hydrogens is 430 g/mol. The van der Waals surface area contributed by atoms with Gasteiger partial charge in [0.05, 0.1) is 25.9 Å². The highest BCUT2D eigenvalue weighted by molar-refractivity contribution is 6.08. The van der Waals surface area contributed by atoms with Crippen LogP contribution in [0.2, 0.25) is 0 Å². The molecule has 5 rings (SSSR count). The summed E-state index contributed by atoms with van der Waals surface area (Å²) in [5.74, 6) is 1.40. The molecule has 4 aromatic rings. The summed E-state index contributed by atoms with van der Waals surface area (Å²) in [6, 6.07) is 19.5. The van der Waals surface area contributed by atoms with Crippen molar-refractivity contribution in [1.29, 1.82) is 0 Å². The minimum absolute atomic E-state index is 0.0661. The molecule has 1 aliphatic heterocycles. The van der Waals surface area contributed by atoms with E-state index in [2.05, 4.69) is 21.2 Å². The molecule has 1 amide bonds. The molecule has 0 bridgehead atoms. The second-order valence-electron chi connectivity index (χ2n) is 8.54. The van der Waals surface area contributed by atoms with Crippen molar-refractivity contribution in [3.8, 4) is 11.5 Å². The van der Waals surface area contributed by atoms with E-state index in [1.807, 2.05) is 61.5 Å². The third kappa shape index (κ3) is 4.15. The third-order valence-corrected chi connectivity index (χ3v) is 6.62. The number of para-hydroxylation sites is 1. The van der Waals surface area contributed by atoms with Gasteiger partial charge >= 0.3 is 0 Å². The Labute approximate surface area is 198 Å². The van der Waals surface area contributed by atoms with E-state index in [-0.39, 0.29) is 11.9 Å². The molecule has 3 aromatic carbocycles. The molecule has 1 atom stereocenters. The molecule has 1 fully saturated rings. The maximum absolute atomic E-state index is 13.2. The summed E-state index contributed by atoms with van der Waals surface area (Å²) in [5.41, 5.74) is 3.28. The first-order valence-corrected chi connectivity index (χ1v) is 11.5. The lowest BCUT2D eigenvalue weighted by Gasteiger charge is -2.38. The fourth-order valence-electron chi connectivity index (χ4n) is 4.60. The van der Waals surface area contributed by atoms with Gasteiger partial charge in [-0.2, -0.15) is 0 Å². The van der Waals surface area contributed by atoms with Crippen LogP contribution in [0, 0.1) is 0 Å². The average molecular weight is 460 g/mol. The van der Waals surface area contributed by atoms with Crippen LogP contribution in [0.4, 0.5) is 11.4 Å². The van der Waals surface area contributed by atoms with Gasteiger partial charge in [-0.15, -0.1) is 0 Å². The third-order valence-electron chi connectivity index (χ3n) is 6.62. The first-order valence-electron chi connectivity index (χ1n) is 11.5. The van der Waals surface area contributed by atoms with Gasteiger partial charge in [0.2, 0.25) is 5.91 Å². The molecule has 1 aromatic heterocycles. The topological polar surface area (TPSA) is 67.2 Å². The van der Waals surface area contributed by atoms with Crippen LogP contribution in [0.3, 0.4) is 0 Å². The number of piperazine rings is 1. The number of ether oxygens (including phenoxy) is 2. The van der Waals surface area contributed by atoms with Crippen molar-refractivity contribution in [2.45, 2.75) is 13.0 Å². The Hall–Kier alpha value is -3.71. The van der Waals surface area contributed by atoms with Crippen LogP contribution in [0.15, 0.2) is 65.1 Å². The number of carbonyl (C=O) groups excluding carboxylic acids is 1. The highest BCUT2D eigenvalue weighted by Gasteiger charge is 2.27. The second kappa shape index (κ2) is 9.27. The van der Waals surface area contributed by atoms with E-state index in [0.717, 1.165) is 59.6 Å². The summed E-state index contributed by atoms with van der Waals surface area (Å²) in [6.45, 7) is 5.23. The standard InChI is InChI=1S/C27H29N3O4/c1-18(29-11-13-30(14-12-29)19-7-6-8-20(15-19)32-2)27(31)28-23-17-25-22(16-26(23)33-3)21-9-4-5-10-24(21)34-25/h4-10,15-18H,11-14H2,1-3H3,(H,28,31)/t18-/m1/s1. The van der Waals surface area contributed by atoms with Crippen molar-refractivity contribution in [2.24, 2.45) is 0 Å². The van der Waals surface area contributed by atoms with Gasteiger partial charge in [-0.1, -0.05) is 24.3 Å². The van der Waals surface area contributed by atoms with E-state index >= 15 is 0 Å². The normalized spacial score (nSPS) is 15.4. The van der Waals surface area contributed by atoms with E-state index in [0.29, 0.717) is 11.4 Å². The van der Waals surface area contributed by atoms with Gasteiger partial charge in [-0.25, -0.2) is 0 Å². The molecule has 0 radical (unpaired) electrons. The number of nitrogens with zero attached hydrogens (tertiary/aromatic N) is 2. The number of hydrogen-bond acceptors (Lipinski definition) is 6. The number of furan rings is 1. The molecule has 1 saturated heterocycles. The smallest absolute Gasteiger partial charge is 0.241 e. The molecule has 0 spiro atoms. The molecule has 1 aliphatic rings. The zero-order valence-electron chi connectivity index (χ0n) is 19.7. The summed E-state index contributed by atoms with van der Waals surface area (Å²) in [7, 11) is 3.29. The molecule has 176 valence electrons. The molecule has 7 heteroatoms. The Morgan fingerprint density at radius 3 is 2.47 bits per heavy atom. The van der Waals surface area contributed by atoms with Gasteiger partial charge in [0.1, 0.15) is 22.7 Å². The summed E-state index contributed by atoms with van der Waals surface area (Å²) in [4.78, 5) is 17.7. The number of methoxy groups -OCH3 is 2. The van der Waals surface area contributed by atoms with Crippen LogP contribution in [0.1, 0.15) is 6.92 Å². The number of fused-ring (bicyclic) bond motifs is 3. The predicted molar refractivity (Wildman–Crippen MR) is 135 cm³/mol. The molecule has 1 N–H and O–H groups in total. The van der Waals surface area contributed by atoms with E-state index < -0.39 is 0 Å². The maximum atomic E-state index is 13.2. The lowest BCUT2D eigenvalue weighted by Crippen LogP contribution is -2.52. The first kappa shape index (κ1) is 22.1. The van der Waals surface area contributed by atoms with Crippen molar-refractivity contribution < 1.29 is 18.7 Å². The van der Waals surface area contributed by atoms with E-state index in [1.165, 1.54) is 0 Å². The number of anilines is 2. The molecule has 0 aliphatic carbocycles. The van der Waals surface area contributed by atoms with E-state index in [1.54, 1.807) is 14.2 Å². The summed E-state index contributed by atoms with van der Waals surface area (Å²) in [6.07, 6.45) is 0. The lowest BCUT2D eigenvalue weighted by atomic mass is 10.1. The summed E-state index contributed by atoms with van der Waals surface area (Å²) < 4.78 is 16.9. The SMILES string of the molecule is COc1cccc(N2CCN([C@H](C)C(=O)Nc3cc4oc5ccccc5c4cc3OC)CC2)c1. The number of rotatable bonds is 6. The molecule has 2 heterocycles. The largest absolute Gasteiger partial charge is 0.497 e. The number of benzene rings is 3. The fourth-order valence-corrected chi connectivity index (χ4v) is 4.60. The zero-order valence-corrected chi connectivity index (χ0v) is 19.7. The molecule has 0 saturated carbocycles. The first-order chi connectivity index (χ1) is 16.6. The predicted octanol–water partition coefficient (Wildman–Crippen LogP) is 4.75. The van der Waals surface area contributed by atoms with Crippen LogP contribution in [0.5, 0.6) is 11.5 Å². The molecule has 7 nitrogen and oxygen atoms in total. The van der Waals surface area contributed by atoms with Gasteiger partial charge in [0.15, 0.2) is 0 Å². The Morgan fingerprint density at radius 1 is 0.912 bits per heavy atom. The Balaban J connectivity index is 1.28. The average Bonchev–Trinajstić information content (AvgIpc) is 3.25. The monoisotopic (exact) mass is 459 g/mol. The van der Waals surface area contributed by atoms with Crippen LogP contribution in [0.25, 0.3) is 21.9 Å². The molecule has 34 heavy (non-hydrogen) atoms. The highest BCUT2D eigenvalue weighted by Crippen LogP contribution is 2.36. The Kier molecular flexibility index (Phi) is 6.02. The van der Waals surface area contributed by atoms with Crippen molar-refractivity contribution in [3.63, 3.8) is 0 Å².